The van der Waals surface area contributed by atoms with Crippen LogP contribution in [-0.4, -0.2) is 62.2 Å². The summed E-state index contributed by atoms with van der Waals surface area (Å²) in [6, 6.07) is 0.0699. The molecule has 2 aliphatic heterocycles. The number of imidazole rings is 1. The van der Waals surface area contributed by atoms with Crippen molar-refractivity contribution < 1.29 is 9.59 Å². The summed E-state index contributed by atoms with van der Waals surface area (Å²) in [6.07, 6.45) is 4.86. The summed E-state index contributed by atoms with van der Waals surface area (Å²) in [7, 11) is 0. The number of rotatable bonds is 3. The Morgan fingerprint density at radius 1 is 1.33 bits per heavy atom. The van der Waals surface area contributed by atoms with Crippen LogP contribution in [0, 0.1) is 6.92 Å². The predicted octanol–water partition coefficient (Wildman–Crippen LogP) is 1.80. The molecule has 2 aliphatic rings. The van der Waals surface area contributed by atoms with Crippen molar-refractivity contribution in [3.8, 4) is 0 Å². The van der Waals surface area contributed by atoms with Crippen LogP contribution in [0.15, 0.2) is 11.6 Å². The van der Waals surface area contributed by atoms with Crippen molar-refractivity contribution in [2.75, 3.05) is 19.6 Å². The summed E-state index contributed by atoms with van der Waals surface area (Å²) in [5.74, 6) is 0.0943. The van der Waals surface area contributed by atoms with Gasteiger partial charge in [-0.1, -0.05) is 0 Å². The van der Waals surface area contributed by atoms with Crippen molar-refractivity contribution in [2.45, 2.75) is 58.2 Å². The Labute approximate surface area is 163 Å². The molecule has 4 heterocycles. The third-order valence-corrected chi connectivity index (χ3v) is 6.87. The normalized spacial score (nSPS) is 22.6. The first-order valence-corrected chi connectivity index (χ1v) is 10.4. The lowest BCUT2D eigenvalue weighted by molar-refractivity contribution is -0.134. The Bertz CT molecular complexity index is 865. The molecule has 1 atom stereocenters. The summed E-state index contributed by atoms with van der Waals surface area (Å²) in [4.78, 5) is 33.9. The molecular weight excluding hydrogens is 362 g/mol. The molecule has 27 heavy (non-hydrogen) atoms. The molecule has 7 nitrogen and oxygen atoms in total. The second-order valence-electron chi connectivity index (χ2n) is 7.93. The number of thiazole rings is 1. The van der Waals surface area contributed by atoms with Gasteiger partial charge in [0.15, 0.2) is 4.96 Å². The summed E-state index contributed by atoms with van der Waals surface area (Å²) < 4.78 is 2.19. The van der Waals surface area contributed by atoms with E-state index in [0.29, 0.717) is 6.54 Å². The fraction of sp³-hybridized carbons (Fsp3) is 0.632. The largest absolute Gasteiger partial charge is 0.352 e. The third kappa shape index (κ3) is 3.36. The number of aryl methyl sites for hydroxylation is 1. The number of nitrogens with one attached hydrogen (secondary N) is 1. The Hall–Kier alpha value is -1.93. The summed E-state index contributed by atoms with van der Waals surface area (Å²) >= 11 is 1.66. The molecule has 0 radical (unpaired) electrons. The van der Waals surface area contributed by atoms with Gasteiger partial charge in [-0.05, 0) is 26.2 Å². The molecule has 2 saturated heterocycles. The van der Waals surface area contributed by atoms with E-state index in [1.807, 2.05) is 4.90 Å². The average Bonchev–Trinajstić information content (AvgIpc) is 3.25. The lowest BCUT2D eigenvalue weighted by atomic mass is 9.84. The van der Waals surface area contributed by atoms with Crippen LogP contribution in [0.3, 0.4) is 0 Å². The molecule has 4 rings (SSSR count). The number of hydrogen-bond donors (Lipinski definition) is 1. The zero-order chi connectivity index (χ0) is 19.2. The highest BCUT2D eigenvalue weighted by molar-refractivity contribution is 7.15. The van der Waals surface area contributed by atoms with Crippen LogP contribution in [0.2, 0.25) is 0 Å². The quantitative estimate of drug-likeness (QED) is 0.869. The molecule has 0 aliphatic carbocycles. The Morgan fingerprint density at radius 2 is 2.07 bits per heavy atom. The fourth-order valence-corrected chi connectivity index (χ4v) is 5.62. The number of carbonyl (C=O) groups is 2. The first-order valence-electron chi connectivity index (χ1n) is 9.57. The first-order chi connectivity index (χ1) is 12.9. The van der Waals surface area contributed by atoms with Crippen LogP contribution in [0.4, 0.5) is 0 Å². The maximum Gasteiger partial charge on any atom is 0.219 e. The van der Waals surface area contributed by atoms with E-state index in [1.54, 1.807) is 25.2 Å². The highest BCUT2D eigenvalue weighted by atomic mass is 32.1. The summed E-state index contributed by atoms with van der Waals surface area (Å²) in [5.41, 5.74) is 2.24. The number of fused-ring (bicyclic) bond motifs is 1. The zero-order valence-corrected chi connectivity index (χ0v) is 17.0. The number of amides is 2. The fourth-order valence-electron chi connectivity index (χ4n) is 4.84. The van der Waals surface area contributed by atoms with Gasteiger partial charge in [0.2, 0.25) is 11.8 Å². The Morgan fingerprint density at radius 3 is 2.74 bits per heavy atom. The van der Waals surface area contributed by atoms with Gasteiger partial charge in [-0.15, -0.1) is 11.3 Å². The zero-order valence-electron chi connectivity index (χ0n) is 16.2. The standard InChI is InChI=1S/C19H27N5O2S/c1-13-17(23-8-9-27-18(23)20-13)12-22-6-4-19(5-7-22)10-16(21-14(2)25)11-24(19)15(3)26/h8-9,16H,4-7,10-12H2,1-3H3,(H,21,25)/t16-/m0/s1. The van der Waals surface area contributed by atoms with Gasteiger partial charge in [0.1, 0.15) is 0 Å². The van der Waals surface area contributed by atoms with Crippen molar-refractivity contribution in [2.24, 2.45) is 0 Å². The van der Waals surface area contributed by atoms with Gasteiger partial charge in [-0.25, -0.2) is 4.98 Å². The number of carbonyl (C=O) groups excluding carboxylic acids is 2. The molecule has 0 unspecified atom stereocenters. The minimum Gasteiger partial charge on any atom is -0.352 e. The lowest BCUT2D eigenvalue weighted by Crippen LogP contribution is -2.53. The van der Waals surface area contributed by atoms with E-state index in [-0.39, 0.29) is 23.4 Å². The van der Waals surface area contributed by atoms with Crippen molar-refractivity contribution >= 4 is 28.1 Å². The van der Waals surface area contributed by atoms with Crippen LogP contribution < -0.4 is 5.32 Å². The minimum atomic E-state index is -0.111. The summed E-state index contributed by atoms with van der Waals surface area (Å²) in [6.45, 7) is 8.69. The first kappa shape index (κ1) is 18.4. The average molecular weight is 390 g/mol. The van der Waals surface area contributed by atoms with Gasteiger partial charge >= 0.3 is 0 Å². The molecule has 1 spiro atoms. The molecule has 2 amide bonds. The second kappa shape index (κ2) is 6.91. The molecule has 0 bridgehead atoms. The Balaban J connectivity index is 1.45. The smallest absolute Gasteiger partial charge is 0.219 e. The van der Waals surface area contributed by atoms with Crippen molar-refractivity contribution in [3.63, 3.8) is 0 Å². The number of likely N-dealkylation sites (tertiary alicyclic amines) is 2. The van der Waals surface area contributed by atoms with E-state index in [1.165, 1.54) is 5.69 Å². The number of nitrogens with zero attached hydrogens (tertiary/aromatic N) is 4. The van der Waals surface area contributed by atoms with Crippen LogP contribution in [0.1, 0.15) is 44.5 Å². The molecule has 2 aromatic rings. The highest BCUT2D eigenvalue weighted by Gasteiger charge is 2.48. The second-order valence-corrected chi connectivity index (χ2v) is 8.80. The SMILES string of the molecule is CC(=O)N[C@@H]1CN(C(C)=O)C2(CCN(Cc3c(C)nc4sccn34)CC2)C1. The van der Waals surface area contributed by atoms with Gasteiger partial charge in [0, 0.05) is 63.2 Å². The van der Waals surface area contributed by atoms with Crippen molar-refractivity contribution in [3.05, 3.63) is 23.0 Å². The van der Waals surface area contributed by atoms with Crippen LogP contribution >= 0.6 is 11.3 Å². The monoisotopic (exact) mass is 389 g/mol. The Kier molecular flexibility index (Phi) is 4.71. The summed E-state index contributed by atoms with van der Waals surface area (Å²) in [5, 5.41) is 5.08. The van der Waals surface area contributed by atoms with E-state index in [0.717, 1.165) is 49.6 Å². The van der Waals surface area contributed by atoms with E-state index in [9.17, 15) is 9.59 Å². The van der Waals surface area contributed by atoms with Crippen molar-refractivity contribution in [1.82, 2.24) is 24.5 Å². The van der Waals surface area contributed by atoms with Crippen LogP contribution in [0.25, 0.3) is 4.96 Å². The van der Waals surface area contributed by atoms with Gasteiger partial charge in [0.05, 0.1) is 11.4 Å². The lowest BCUT2D eigenvalue weighted by Gasteiger charge is -2.44. The molecule has 1 N–H and O–H groups in total. The number of piperidine rings is 1. The van der Waals surface area contributed by atoms with Gasteiger partial charge < -0.3 is 10.2 Å². The minimum absolute atomic E-state index is 0.0195. The van der Waals surface area contributed by atoms with Gasteiger partial charge in [-0.3, -0.25) is 18.9 Å². The highest BCUT2D eigenvalue weighted by Crippen LogP contribution is 2.39. The van der Waals surface area contributed by atoms with E-state index >= 15 is 0 Å². The van der Waals surface area contributed by atoms with Crippen LogP contribution in [0.5, 0.6) is 0 Å². The maximum atomic E-state index is 12.2. The van der Waals surface area contributed by atoms with Gasteiger partial charge in [0.25, 0.3) is 0 Å². The molecule has 146 valence electrons. The van der Waals surface area contributed by atoms with Crippen molar-refractivity contribution in [1.29, 1.82) is 0 Å². The maximum absolute atomic E-state index is 12.2. The van der Waals surface area contributed by atoms with Gasteiger partial charge in [-0.2, -0.15) is 0 Å². The van der Waals surface area contributed by atoms with E-state index in [4.69, 9.17) is 0 Å². The van der Waals surface area contributed by atoms with Crippen LogP contribution in [-0.2, 0) is 16.1 Å². The number of hydrogen-bond acceptors (Lipinski definition) is 5. The molecule has 0 saturated carbocycles. The molecule has 2 aromatic heterocycles. The predicted molar refractivity (Wildman–Crippen MR) is 105 cm³/mol. The third-order valence-electron chi connectivity index (χ3n) is 6.11. The molecule has 2 fully saturated rings. The van der Waals surface area contributed by atoms with E-state index in [2.05, 4.69) is 38.1 Å². The topological polar surface area (TPSA) is 70.0 Å². The molecule has 8 heteroatoms. The number of aromatic nitrogens is 2. The molecular formula is C19H27N5O2S. The van der Waals surface area contributed by atoms with E-state index < -0.39 is 0 Å². The molecule has 0 aromatic carbocycles.